The second kappa shape index (κ2) is 6.04. The summed E-state index contributed by atoms with van der Waals surface area (Å²) in [6.07, 6.45) is 0.685. The minimum Gasteiger partial charge on any atom is -0.481 e. The van der Waals surface area contributed by atoms with Crippen LogP contribution in [0.4, 0.5) is 4.79 Å². The van der Waals surface area contributed by atoms with E-state index in [9.17, 15) is 14.7 Å². The summed E-state index contributed by atoms with van der Waals surface area (Å²) in [5, 5.41) is 9.22. The Labute approximate surface area is 131 Å². The molecule has 2 aliphatic heterocycles. The molecule has 7 heteroatoms. The number of nitrogens with zero attached hydrogens (tertiary/aromatic N) is 2. The number of carbonyl (C=O) groups is 2. The molecule has 7 nitrogen and oxygen atoms in total. The van der Waals surface area contributed by atoms with Gasteiger partial charge in [-0.1, -0.05) is 0 Å². The van der Waals surface area contributed by atoms with Crippen LogP contribution in [0.3, 0.4) is 0 Å². The highest BCUT2D eigenvalue weighted by Crippen LogP contribution is 2.35. The summed E-state index contributed by atoms with van der Waals surface area (Å²) in [5.41, 5.74) is -1.03. The van der Waals surface area contributed by atoms with Crippen LogP contribution in [-0.2, 0) is 14.3 Å². The quantitative estimate of drug-likeness (QED) is 0.839. The molecule has 2 heterocycles. The minimum atomic E-state index is -0.843. The molecule has 0 aromatic carbocycles. The number of likely N-dealkylation sites (tertiary alicyclic amines) is 2. The van der Waals surface area contributed by atoms with Crippen molar-refractivity contribution in [2.75, 3.05) is 33.3 Å². The zero-order chi connectivity index (χ0) is 16.5. The van der Waals surface area contributed by atoms with Gasteiger partial charge in [0.05, 0.1) is 18.1 Å². The largest absolute Gasteiger partial charge is 0.481 e. The molecule has 2 fully saturated rings. The highest BCUT2D eigenvalue weighted by Gasteiger charge is 2.53. The Morgan fingerprint density at radius 2 is 1.95 bits per heavy atom. The van der Waals surface area contributed by atoms with E-state index in [0.29, 0.717) is 19.6 Å². The molecule has 2 saturated heterocycles. The van der Waals surface area contributed by atoms with Gasteiger partial charge >= 0.3 is 12.1 Å². The maximum absolute atomic E-state index is 12.1. The molecule has 0 radical (unpaired) electrons. The third-order valence-corrected chi connectivity index (χ3v) is 4.25. The maximum atomic E-state index is 12.1. The Morgan fingerprint density at radius 1 is 1.32 bits per heavy atom. The Hall–Kier alpha value is -1.34. The lowest BCUT2D eigenvalue weighted by Crippen LogP contribution is -2.71. The third-order valence-electron chi connectivity index (χ3n) is 4.25. The van der Waals surface area contributed by atoms with Crippen LogP contribution in [0.15, 0.2) is 0 Å². The molecule has 0 spiro atoms. The van der Waals surface area contributed by atoms with Crippen molar-refractivity contribution < 1.29 is 24.2 Å². The predicted molar refractivity (Wildman–Crippen MR) is 79.8 cm³/mol. The summed E-state index contributed by atoms with van der Waals surface area (Å²) in [7, 11) is 1.67. The van der Waals surface area contributed by atoms with Gasteiger partial charge in [-0.05, 0) is 27.2 Å². The highest BCUT2D eigenvalue weighted by atomic mass is 16.6. The summed E-state index contributed by atoms with van der Waals surface area (Å²) in [5.74, 6) is -0.843. The van der Waals surface area contributed by atoms with Crippen molar-refractivity contribution >= 4 is 12.1 Å². The van der Waals surface area contributed by atoms with E-state index in [1.807, 2.05) is 20.8 Å². The molecular formula is C15H26N2O5. The van der Waals surface area contributed by atoms with Crippen molar-refractivity contribution in [3.8, 4) is 0 Å². The molecule has 1 atom stereocenters. The second-order valence-corrected chi connectivity index (χ2v) is 7.22. The van der Waals surface area contributed by atoms with Crippen LogP contribution in [0.25, 0.3) is 0 Å². The molecule has 1 amide bonds. The zero-order valence-corrected chi connectivity index (χ0v) is 13.8. The molecule has 0 aromatic rings. The van der Waals surface area contributed by atoms with E-state index in [1.165, 1.54) is 0 Å². The molecule has 126 valence electrons. The van der Waals surface area contributed by atoms with Crippen LogP contribution >= 0.6 is 0 Å². The van der Waals surface area contributed by atoms with Gasteiger partial charge in [-0.3, -0.25) is 9.69 Å². The van der Waals surface area contributed by atoms with Gasteiger partial charge in [0.25, 0.3) is 0 Å². The first-order valence-electron chi connectivity index (χ1n) is 7.63. The highest BCUT2D eigenvalue weighted by molar-refractivity contribution is 5.73. The SMILES string of the molecule is COC1CCN(C2(CC(=O)O)CN(C(=O)OC(C)(C)C)C2)C1. The van der Waals surface area contributed by atoms with E-state index in [-0.39, 0.29) is 18.6 Å². The van der Waals surface area contributed by atoms with Crippen molar-refractivity contribution in [2.45, 2.75) is 50.9 Å². The molecule has 2 rings (SSSR count). The van der Waals surface area contributed by atoms with Crippen LogP contribution in [0.2, 0.25) is 0 Å². The lowest BCUT2D eigenvalue weighted by atomic mass is 9.84. The molecule has 2 aliphatic rings. The Bertz CT molecular complexity index is 440. The van der Waals surface area contributed by atoms with Gasteiger partial charge in [0.1, 0.15) is 5.60 Å². The molecule has 22 heavy (non-hydrogen) atoms. The number of carbonyl (C=O) groups excluding carboxylic acids is 1. The average Bonchev–Trinajstić information content (AvgIpc) is 2.79. The first-order valence-corrected chi connectivity index (χ1v) is 7.63. The fourth-order valence-corrected chi connectivity index (χ4v) is 3.18. The first kappa shape index (κ1) is 17.0. The van der Waals surface area contributed by atoms with Gasteiger partial charge < -0.3 is 19.5 Å². The van der Waals surface area contributed by atoms with Gasteiger partial charge in [-0.15, -0.1) is 0 Å². The summed E-state index contributed by atoms with van der Waals surface area (Å²) in [4.78, 5) is 27.0. The lowest BCUT2D eigenvalue weighted by Gasteiger charge is -2.54. The van der Waals surface area contributed by atoms with E-state index in [1.54, 1.807) is 12.0 Å². The topological polar surface area (TPSA) is 79.3 Å². The van der Waals surface area contributed by atoms with Gasteiger partial charge in [-0.25, -0.2) is 4.79 Å². The van der Waals surface area contributed by atoms with E-state index in [4.69, 9.17) is 9.47 Å². The number of aliphatic carboxylic acids is 1. The number of ether oxygens (including phenoxy) is 2. The van der Waals surface area contributed by atoms with Crippen molar-refractivity contribution in [1.82, 2.24) is 9.80 Å². The number of carboxylic acid groups (broad SMARTS) is 1. The smallest absolute Gasteiger partial charge is 0.410 e. The number of hydrogen-bond acceptors (Lipinski definition) is 5. The van der Waals surface area contributed by atoms with Crippen LogP contribution < -0.4 is 0 Å². The van der Waals surface area contributed by atoms with Gasteiger partial charge in [0.15, 0.2) is 0 Å². The van der Waals surface area contributed by atoms with E-state index in [0.717, 1.165) is 13.0 Å². The molecule has 1 unspecified atom stereocenters. The molecule has 0 bridgehead atoms. The second-order valence-electron chi connectivity index (χ2n) is 7.22. The Morgan fingerprint density at radius 3 is 2.41 bits per heavy atom. The van der Waals surface area contributed by atoms with Crippen LogP contribution in [-0.4, -0.2) is 77.5 Å². The summed E-state index contributed by atoms with van der Waals surface area (Å²) in [6, 6.07) is 0. The van der Waals surface area contributed by atoms with Crippen molar-refractivity contribution in [2.24, 2.45) is 0 Å². The van der Waals surface area contributed by atoms with Crippen LogP contribution in [0.5, 0.6) is 0 Å². The summed E-state index contributed by atoms with van der Waals surface area (Å²) < 4.78 is 10.7. The molecule has 0 aromatic heterocycles. The predicted octanol–water partition coefficient (Wildman–Crippen LogP) is 1.17. The minimum absolute atomic E-state index is 0.0305. The van der Waals surface area contributed by atoms with Gasteiger partial charge in [0, 0.05) is 33.3 Å². The number of rotatable bonds is 4. The van der Waals surface area contributed by atoms with Gasteiger partial charge in [-0.2, -0.15) is 0 Å². The van der Waals surface area contributed by atoms with Crippen molar-refractivity contribution in [3.63, 3.8) is 0 Å². The van der Waals surface area contributed by atoms with Crippen LogP contribution in [0, 0.1) is 0 Å². The standard InChI is InChI=1S/C15H26N2O5/c1-14(2,3)22-13(20)16-9-15(10-16,7-12(18)19)17-6-5-11(8-17)21-4/h11H,5-10H2,1-4H3,(H,18,19). The monoisotopic (exact) mass is 314 g/mol. The normalized spacial score (nSPS) is 24.9. The maximum Gasteiger partial charge on any atom is 0.410 e. The number of amides is 1. The van der Waals surface area contributed by atoms with Crippen LogP contribution in [0.1, 0.15) is 33.6 Å². The van der Waals surface area contributed by atoms with Crippen molar-refractivity contribution in [3.05, 3.63) is 0 Å². The third kappa shape index (κ3) is 3.70. The average molecular weight is 314 g/mol. The molecule has 1 N–H and O–H groups in total. The number of hydrogen-bond donors (Lipinski definition) is 1. The number of carboxylic acids is 1. The lowest BCUT2D eigenvalue weighted by molar-refractivity contribution is -0.145. The van der Waals surface area contributed by atoms with Crippen molar-refractivity contribution in [1.29, 1.82) is 0 Å². The van der Waals surface area contributed by atoms with E-state index >= 15 is 0 Å². The fourth-order valence-electron chi connectivity index (χ4n) is 3.18. The van der Waals surface area contributed by atoms with E-state index < -0.39 is 17.1 Å². The first-order chi connectivity index (χ1) is 10.1. The molecule has 0 saturated carbocycles. The fraction of sp³-hybridized carbons (Fsp3) is 0.867. The molecule has 0 aliphatic carbocycles. The number of methoxy groups -OCH3 is 1. The van der Waals surface area contributed by atoms with Gasteiger partial charge in [0.2, 0.25) is 0 Å². The summed E-state index contributed by atoms with van der Waals surface area (Å²) >= 11 is 0. The Kier molecular flexibility index (Phi) is 4.67. The van der Waals surface area contributed by atoms with E-state index in [2.05, 4.69) is 4.90 Å². The Balaban J connectivity index is 1.99. The zero-order valence-electron chi connectivity index (χ0n) is 13.8. The molecular weight excluding hydrogens is 288 g/mol. The summed E-state index contributed by atoms with van der Waals surface area (Å²) in [6.45, 7) is 7.76.